The second-order valence-electron chi connectivity index (χ2n) is 4.53. The summed E-state index contributed by atoms with van der Waals surface area (Å²) in [5.74, 6) is 1.18. The molecule has 2 heterocycles. The standard InChI is InChI=1S/C15H15N3O4S/c1-2-23-11-5-3-10(4-6-11)13(19)16-15-18-17-14(22-15)12-9-20-7-8-21-12/h3-6,9H,2,7-8H2,1H3,(H,16,18,19). The summed E-state index contributed by atoms with van der Waals surface area (Å²) in [5, 5.41) is 10.2. The van der Waals surface area contributed by atoms with E-state index in [4.69, 9.17) is 13.9 Å². The lowest BCUT2D eigenvalue weighted by molar-refractivity contribution is 0.102. The molecule has 1 N–H and O–H groups in total. The lowest BCUT2D eigenvalue weighted by Crippen LogP contribution is -2.12. The van der Waals surface area contributed by atoms with E-state index < -0.39 is 0 Å². The van der Waals surface area contributed by atoms with E-state index in [1.165, 1.54) is 6.26 Å². The van der Waals surface area contributed by atoms with E-state index in [1.807, 2.05) is 12.1 Å². The third-order valence-electron chi connectivity index (χ3n) is 2.93. The summed E-state index contributed by atoms with van der Waals surface area (Å²) in [7, 11) is 0. The van der Waals surface area contributed by atoms with Gasteiger partial charge >= 0.3 is 6.01 Å². The van der Waals surface area contributed by atoms with Crippen molar-refractivity contribution in [2.75, 3.05) is 24.3 Å². The molecule has 0 fully saturated rings. The van der Waals surface area contributed by atoms with Gasteiger partial charge in [0, 0.05) is 10.5 Å². The maximum atomic E-state index is 12.2. The van der Waals surface area contributed by atoms with Crippen LogP contribution in [0.4, 0.5) is 6.01 Å². The molecule has 1 aromatic carbocycles. The van der Waals surface area contributed by atoms with E-state index >= 15 is 0 Å². The second-order valence-corrected chi connectivity index (χ2v) is 5.86. The van der Waals surface area contributed by atoms with Crippen LogP contribution in [0.2, 0.25) is 0 Å². The Morgan fingerprint density at radius 3 is 2.78 bits per heavy atom. The first kappa shape index (κ1) is 15.4. The first-order chi connectivity index (χ1) is 11.3. The van der Waals surface area contributed by atoms with Gasteiger partial charge in [-0.3, -0.25) is 10.1 Å². The Balaban J connectivity index is 1.65. The molecular formula is C15H15N3O4S. The number of carbonyl (C=O) groups excluding carboxylic acids is 1. The Bertz CT molecular complexity index is 712. The molecule has 0 saturated heterocycles. The summed E-state index contributed by atoms with van der Waals surface area (Å²) in [4.78, 5) is 13.3. The van der Waals surface area contributed by atoms with Crippen molar-refractivity contribution in [1.82, 2.24) is 10.2 Å². The molecular weight excluding hydrogens is 318 g/mol. The second kappa shape index (κ2) is 7.19. The largest absolute Gasteiger partial charge is 0.494 e. The van der Waals surface area contributed by atoms with Gasteiger partial charge in [-0.25, -0.2) is 0 Å². The van der Waals surface area contributed by atoms with Gasteiger partial charge in [0.1, 0.15) is 19.5 Å². The van der Waals surface area contributed by atoms with Gasteiger partial charge in [0.2, 0.25) is 5.76 Å². The summed E-state index contributed by atoms with van der Waals surface area (Å²) in [5.41, 5.74) is 0.515. The van der Waals surface area contributed by atoms with Gasteiger partial charge in [-0.05, 0) is 30.0 Å². The topological polar surface area (TPSA) is 86.5 Å². The van der Waals surface area contributed by atoms with Crippen LogP contribution in [0.1, 0.15) is 23.2 Å². The van der Waals surface area contributed by atoms with Crippen molar-refractivity contribution < 1.29 is 18.7 Å². The number of aromatic nitrogens is 2. The Morgan fingerprint density at radius 2 is 2.09 bits per heavy atom. The average Bonchev–Trinajstić information content (AvgIpc) is 3.05. The fraction of sp³-hybridized carbons (Fsp3) is 0.267. The third kappa shape index (κ3) is 3.84. The number of thioether (sulfide) groups is 1. The normalized spacial score (nSPS) is 13.7. The summed E-state index contributed by atoms with van der Waals surface area (Å²) >= 11 is 1.71. The highest BCUT2D eigenvalue weighted by molar-refractivity contribution is 7.99. The molecule has 0 aliphatic carbocycles. The summed E-state index contributed by atoms with van der Waals surface area (Å²) in [6, 6.07) is 7.32. The van der Waals surface area contributed by atoms with Gasteiger partial charge in [0.25, 0.3) is 11.8 Å². The van der Waals surface area contributed by atoms with E-state index in [-0.39, 0.29) is 17.8 Å². The number of anilines is 1. The van der Waals surface area contributed by atoms with Gasteiger partial charge in [-0.15, -0.1) is 16.9 Å². The molecule has 7 nitrogen and oxygen atoms in total. The Labute approximate surface area is 137 Å². The maximum Gasteiger partial charge on any atom is 0.322 e. The van der Waals surface area contributed by atoms with Crippen molar-refractivity contribution in [3.8, 4) is 0 Å². The van der Waals surface area contributed by atoms with Crippen LogP contribution in [-0.2, 0) is 9.47 Å². The molecule has 23 heavy (non-hydrogen) atoms. The number of amides is 1. The minimum absolute atomic E-state index is 0.00656. The monoisotopic (exact) mass is 333 g/mol. The molecule has 1 aliphatic rings. The molecule has 0 atom stereocenters. The number of carbonyl (C=O) groups is 1. The summed E-state index contributed by atoms with van der Waals surface area (Å²) < 4.78 is 15.8. The van der Waals surface area contributed by atoms with E-state index in [2.05, 4.69) is 22.4 Å². The highest BCUT2D eigenvalue weighted by Crippen LogP contribution is 2.20. The molecule has 0 spiro atoms. The van der Waals surface area contributed by atoms with Crippen LogP contribution in [0, 0.1) is 0 Å². The van der Waals surface area contributed by atoms with E-state index in [9.17, 15) is 4.79 Å². The van der Waals surface area contributed by atoms with Gasteiger partial charge < -0.3 is 13.9 Å². The van der Waals surface area contributed by atoms with Crippen molar-refractivity contribution in [3.05, 3.63) is 42.0 Å². The Morgan fingerprint density at radius 1 is 1.26 bits per heavy atom. The Kier molecular flexibility index (Phi) is 4.82. The smallest absolute Gasteiger partial charge is 0.322 e. The van der Waals surface area contributed by atoms with Crippen molar-refractivity contribution in [2.45, 2.75) is 11.8 Å². The van der Waals surface area contributed by atoms with E-state index in [1.54, 1.807) is 23.9 Å². The summed E-state index contributed by atoms with van der Waals surface area (Å²) in [6.45, 7) is 2.97. The SMILES string of the molecule is CCSc1ccc(C(=O)Nc2nnc(C3=COCCO3)o2)cc1. The van der Waals surface area contributed by atoms with Gasteiger partial charge in [0.15, 0.2) is 0 Å². The lowest BCUT2D eigenvalue weighted by Gasteiger charge is -2.11. The van der Waals surface area contributed by atoms with Gasteiger partial charge in [0.05, 0.1) is 0 Å². The Hall–Kier alpha value is -2.48. The van der Waals surface area contributed by atoms with Gasteiger partial charge in [-0.2, -0.15) is 0 Å². The predicted molar refractivity (Wildman–Crippen MR) is 85.0 cm³/mol. The highest BCUT2D eigenvalue weighted by atomic mass is 32.2. The van der Waals surface area contributed by atoms with Crippen LogP contribution in [0.3, 0.4) is 0 Å². The van der Waals surface area contributed by atoms with Crippen molar-refractivity contribution in [1.29, 1.82) is 0 Å². The molecule has 8 heteroatoms. The molecule has 0 unspecified atom stereocenters. The quantitative estimate of drug-likeness (QED) is 0.842. The molecule has 1 aliphatic heterocycles. The van der Waals surface area contributed by atoms with Crippen LogP contribution in [0.15, 0.2) is 39.8 Å². The molecule has 0 bridgehead atoms. The molecule has 1 aromatic heterocycles. The first-order valence-electron chi connectivity index (χ1n) is 7.09. The fourth-order valence-corrected chi connectivity index (χ4v) is 2.55. The van der Waals surface area contributed by atoms with Crippen molar-refractivity contribution >= 4 is 29.4 Å². The number of rotatable bonds is 5. The number of benzene rings is 1. The summed E-state index contributed by atoms with van der Waals surface area (Å²) in [6.07, 6.45) is 1.41. The predicted octanol–water partition coefficient (Wildman–Crippen LogP) is 2.78. The third-order valence-corrected chi connectivity index (χ3v) is 3.83. The van der Waals surface area contributed by atoms with Crippen molar-refractivity contribution in [2.24, 2.45) is 0 Å². The van der Waals surface area contributed by atoms with E-state index in [0.717, 1.165) is 10.6 Å². The number of nitrogens with zero attached hydrogens (tertiary/aromatic N) is 2. The molecule has 1 amide bonds. The van der Waals surface area contributed by atoms with Crippen LogP contribution < -0.4 is 5.32 Å². The lowest BCUT2D eigenvalue weighted by atomic mass is 10.2. The molecule has 3 rings (SSSR count). The zero-order chi connectivity index (χ0) is 16.1. The first-order valence-corrected chi connectivity index (χ1v) is 8.07. The minimum atomic E-state index is -0.317. The minimum Gasteiger partial charge on any atom is -0.494 e. The molecule has 120 valence electrons. The molecule has 0 radical (unpaired) electrons. The van der Waals surface area contributed by atoms with E-state index in [0.29, 0.717) is 24.5 Å². The zero-order valence-electron chi connectivity index (χ0n) is 12.4. The van der Waals surface area contributed by atoms with Gasteiger partial charge in [-0.1, -0.05) is 12.0 Å². The van der Waals surface area contributed by atoms with Crippen molar-refractivity contribution in [3.63, 3.8) is 0 Å². The number of ether oxygens (including phenoxy) is 2. The fourth-order valence-electron chi connectivity index (χ4n) is 1.89. The van der Waals surface area contributed by atoms with Crippen LogP contribution in [0.25, 0.3) is 5.76 Å². The van der Waals surface area contributed by atoms with Crippen LogP contribution in [0.5, 0.6) is 0 Å². The average molecular weight is 333 g/mol. The number of hydrogen-bond acceptors (Lipinski definition) is 7. The zero-order valence-corrected chi connectivity index (χ0v) is 13.3. The number of hydrogen-bond donors (Lipinski definition) is 1. The molecule has 2 aromatic rings. The maximum absolute atomic E-state index is 12.2. The number of nitrogens with one attached hydrogen (secondary N) is 1. The van der Waals surface area contributed by atoms with Crippen LogP contribution >= 0.6 is 11.8 Å². The molecule has 0 saturated carbocycles. The van der Waals surface area contributed by atoms with Crippen LogP contribution in [-0.4, -0.2) is 35.1 Å². The highest BCUT2D eigenvalue weighted by Gasteiger charge is 2.17.